The molecule has 3 N–H and O–H groups in total. The van der Waals surface area contributed by atoms with Crippen molar-refractivity contribution in [3.8, 4) is 5.75 Å². The topological polar surface area (TPSA) is 90.8 Å². The smallest absolute Gasteiger partial charge is 0.249 e. The molecule has 0 aliphatic heterocycles. The molecule has 2 aromatic carbocycles. The summed E-state index contributed by atoms with van der Waals surface area (Å²) in [6.07, 6.45) is 1.11. The van der Waals surface area contributed by atoms with Gasteiger partial charge < -0.3 is 10.4 Å². The molecule has 0 atom stereocenters. The molecule has 0 fully saturated rings. The number of amides is 2. The molecule has 0 unspecified atom stereocenters. The molecule has 0 saturated heterocycles. The Morgan fingerprint density at radius 2 is 1.75 bits per heavy atom. The lowest BCUT2D eigenvalue weighted by atomic mass is 10.1. The van der Waals surface area contributed by atoms with Crippen LogP contribution in [-0.4, -0.2) is 23.1 Å². The van der Waals surface area contributed by atoms with Crippen molar-refractivity contribution < 1.29 is 14.7 Å². The summed E-state index contributed by atoms with van der Waals surface area (Å²) in [6, 6.07) is 11.9. The number of hydrogen-bond acceptors (Lipinski definition) is 4. The van der Waals surface area contributed by atoms with Gasteiger partial charge in [-0.25, -0.2) is 5.43 Å². The Kier molecular flexibility index (Phi) is 5.68. The minimum Gasteiger partial charge on any atom is -0.508 e. The van der Waals surface area contributed by atoms with E-state index >= 15 is 0 Å². The molecule has 0 heterocycles. The van der Waals surface area contributed by atoms with Gasteiger partial charge in [-0.2, -0.15) is 5.10 Å². The monoisotopic (exact) mass is 325 g/mol. The molecule has 124 valence electrons. The van der Waals surface area contributed by atoms with Gasteiger partial charge in [-0.3, -0.25) is 9.59 Å². The second kappa shape index (κ2) is 7.92. The van der Waals surface area contributed by atoms with E-state index in [2.05, 4.69) is 15.8 Å². The number of aromatic hydroxyl groups is 1. The molecule has 0 spiro atoms. The van der Waals surface area contributed by atoms with Crippen molar-refractivity contribution in [2.24, 2.45) is 5.10 Å². The maximum atomic E-state index is 11.8. The third-order valence-corrected chi connectivity index (χ3v) is 3.41. The zero-order chi connectivity index (χ0) is 17.5. The molecular weight excluding hydrogens is 306 g/mol. The lowest BCUT2D eigenvalue weighted by molar-refractivity contribution is -0.126. The molecule has 0 aliphatic carbocycles. The fraction of sp³-hybridized carbons (Fsp3) is 0.167. The van der Waals surface area contributed by atoms with Gasteiger partial charge in [-0.05, 0) is 66.9 Å². The van der Waals surface area contributed by atoms with Gasteiger partial charge in [0.25, 0.3) is 0 Å². The zero-order valence-corrected chi connectivity index (χ0v) is 13.5. The third kappa shape index (κ3) is 5.24. The molecule has 2 aromatic rings. The van der Waals surface area contributed by atoms with Crippen molar-refractivity contribution in [1.29, 1.82) is 0 Å². The highest BCUT2D eigenvalue weighted by Crippen LogP contribution is 2.14. The number of benzene rings is 2. The SMILES string of the molecule is Cc1ccc(NC(=O)CC(=O)N/N=C/c2ccc(O)cc2)cc1C. The molecule has 0 saturated carbocycles. The van der Waals surface area contributed by atoms with Crippen molar-refractivity contribution in [1.82, 2.24) is 5.43 Å². The average molecular weight is 325 g/mol. The van der Waals surface area contributed by atoms with E-state index in [-0.39, 0.29) is 12.2 Å². The van der Waals surface area contributed by atoms with Gasteiger partial charge in [0.1, 0.15) is 12.2 Å². The first-order chi connectivity index (χ1) is 11.4. The molecule has 0 bridgehead atoms. The lowest BCUT2D eigenvalue weighted by Crippen LogP contribution is -2.24. The minimum atomic E-state index is -0.508. The number of phenols is 1. The van der Waals surface area contributed by atoms with Crippen molar-refractivity contribution in [2.45, 2.75) is 20.3 Å². The molecule has 24 heavy (non-hydrogen) atoms. The zero-order valence-electron chi connectivity index (χ0n) is 13.5. The van der Waals surface area contributed by atoms with E-state index in [0.717, 1.165) is 11.1 Å². The largest absolute Gasteiger partial charge is 0.508 e. The van der Waals surface area contributed by atoms with Gasteiger partial charge in [0.15, 0.2) is 0 Å². The second-order valence-electron chi connectivity index (χ2n) is 5.41. The van der Waals surface area contributed by atoms with Crippen LogP contribution in [0.4, 0.5) is 5.69 Å². The van der Waals surface area contributed by atoms with Gasteiger partial charge in [0.2, 0.25) is 11.8 Å². The summed E-state index contributed by atoms with van der Waals surface area (Å²) >= 11 is 0. The molecular formula is C18H19N3O3. The van der Waals surface area contributed by atoms with Crippen LogP contribution < -0.4 is 10.7 Å². The summed E-state index contributed by atoms with van der Waals surface area (Å²) in [6.45, 7) is 3.94. The quantitative estimate of drug-likeness (QED) is 0.448. The number of rotatable bonds is 5. The summed E-state index contributed by atoms with van der Waals surface area (Å²) in [5.41, 5.74) is 5.86. The predicted octanol–water partition coefficient (Wildman–Crippen LogP) is 2.49. The Labute approximate surface area is 140 Å². The number of nitrogens with zero attached hydrogens (tertiary/aromatic N) is 1. The van der Waals surface area contributed by atoms with Crippen LogP contribution >= 0.6 is 0 Å². The first-order valence-corrected chi connectivity index (χ1v) is 7.42. The number of nitrogens with one attached hydrogen (secondary N) is 2. The summed E-state index contributed by atoms with van der Waals surface area (Å²) in [7, 11) is 0. The number of aryl methyl sites for hydroxylation is 2. The number of anilines is 1. The van der Waals surface area contributed by atoms with E-state index in [1.165, 1.54) is 18.3 Å². The van der Waals surface area contributed by atoms with E-state index in [1.807, 2.05) is 26.0 Å². The second-order valence-corrected chi connectivity index (χ2v) is 5.41. The van der Waals surface area contributed by atoms with Crippen LogP contribution in [0.3, 0.4) is 0 Å². The molecule has 0 aliphatic rings. The molecule has 2 rings (SSSR count). The number of phenolic OH excluding ortho intramolecular Hbond substituents is 1. The molecule has 6 nitrogen and oxygen atoms in total. The van der Waals surface area contributed by atoms with Gasteiger partial charge in [0, 0.05) is 5.69 Å². The van der Waals surface area contributed by atoms with Gasteiger partial charge in [-0.1, -0.05) is 6.07 Å². The highest BCUT2D eigenvalue weighted by Gasteiger charge is 2.09. The molecule has 2 amide bonds. The van der Waals surface area contributed by atoms with Crippen molar-refractivity contribution in [3.63, 3.8) is 0 Å². The van der Waals surface area contributed by atoms with Gasteiger partial charge >= 0.3 is 0 Å². The Bertz CT molecular complexity index is 768. The first kappa shape index (κ1) is 17.2. The van der Waals surface area contributed by atoms with E-state index in [9.17, 15) is 9.59 Å². The Morgan fingerprint density at radius 1 is 1.04 bits per heavy atom. The first-order valence-electron chi connectivity index (χ1n) is 7.42. The number of carbonyl (C=O) groups excluding carboxylic acids is 2. The Morgan fingerprint density at radius 3 is 2.42 bits per heavy atom. The lowest BCUT2D eigenvalue weighted by Gasteiger charge is -2.07. The fourth-order valence-corrected chi connectivity index (χ4v) is 1.95. The molecule has 0 aromatic heterocycles. The fourth-order valence-electron chi connectivity index (χ4n) is 1.95. The van der Waals surface area contributed by atoms with Gasteiger partial charge in [-0.15, -0.1) is 0 Å². The number of carbonyl (C=O) groups is 2. The summed E-state index contributed by atoms with van der Waals surface area (Å²) in [5.74, 6) is -0.763. The van der Waals surface area contributed by atoms with Crippen molar-refractivity contribution in [3.05, 3.63) is 59.2 Å². The summed E-state index contributed by atoms with van der Waals surface area (Å²) in [4.78, 5) is 23.5. The Balaban J connectivity index is 1.81. The van der Waals surface area contributed by atoms with Crippen LogP contribution in [0, 0.1) is 13.8 Å². The van der Waals surface area contributed by atoms with E-state index in [0.29, 0.717) is 11.3 Å². The van der Waals surface area contributed by atoms with E-state index in [4.69, 9.17) is 5.11 Å². The minimum absolute atomic E-state index is 0.152. The molecule has 6 heteroatoms. The third-order valence-electron chi connectivity index (χ3n) is 3.41. The summed E-state index contributed by atoms with van der Waals surface area (Å²) in [5, 5.41) is 15.6. The summed E-state index contributed by atoms with van der Waals surface area (Å²) < 4.78 is 0. The number of hydrogen-bond donors (Lipinski definition) is 3. The van der Waals surface area contributed by atoms with Gasteiger partial charge in [0.05, 0.1) is 6.21 Å². The average Bonchev–Trinajstić information content (AvgIpc) is 2.53. The van der Waals surface area contributed by atoms with E-state index < -0.39 is 11.8 Å². The number of hydrazone groups is 1. The van der Waals surface area contributed by atoms with Crippen LogP contribution in [0.2, 0.25) is 0 Å². The van der Waals surface area contributed by atoms with Crippen molar-refractivity contribution >= 4 is 23.7 Å². The van der Waals surface area contributed by atoms with Crippen LogP contribution in [0.5, 0.6) is 5.75 Å². The normalized spacial score (nSPS) is 10.6. The Hall–Kier alpha value is -3.15. The predicted molar refractivity (Wildman–Crippen MR) is 93.0 cm³/mol. The highest BCUT2D eigenvalue weighted by atomic mass is 16.3. The van der Waals surface area contributed by atoms with Crippen LogP contribution in [-0.2, 0) is 9.59 Å². The molecule has 0 radical (unpaired) electrons. The standard InChI is InChI=1S/C18H19N3O3/c1-12-3-6-15(9-13(12)2)20-17(23)10-18(24)21-19-11-14-4-7-16(22)8-5-14/h3-9,11,22H,10H2,1-2H3,(H,20,23)(H,21,24)/b19-11+. The van der Waals surface area contributed by atoms with Crippen LogP contribution in [0.1, 0.15) is 23.1 Å². The van der Waals surface area contributed by atoms with Crippen LogP contribution in [0.15, 0.2) is 47.6 Å². The van der Waals surface area contributed by atoms with Crippen LogP contribution in [0.25, 0.3) is 0 Å². The van der Waals surface area contributed by atoms with E-state index in [1.54, 1.807) is 18.2 Å². The highest BCUT2D eigenvalue weighted by molar-refractivity contribution is 6.03. The maximum Gasteiger partial charge on any atom is 0.249 e. The maximum absolute atomic E-state index is 11.8. The van der Waals surface area contributed by atoms with Crippen molar-refractivity contribution in [2.75, 3.05) is 5.32 Å².